The zero-order chi connectivity index (χ0) is 22.8. The van der Waals surface area contributed by atoms with Crippen LogP contribution in [0.25, 0.3) is 11.0 Å². The number of nitrogens with one attached hydrogen (secondary N) is 1. The lowest BCUT2D eigenvalue weighted by atomic mass is 10.1. The maximum Gasteiger partial charge on any atom is 0.124 e. The first-order chi connectivity index (χ1) is 15.6. The van der Waals surface area contributed by atoms with Gasteiger partial charge in [-0.2, -0.15) is 0 Å². The van der Waals surface area contributed by atoms with Gasteiger partial charge in [0.25, 0.3) is 0 Å². The van der Waals surface area contributed by atoms with E-state index in [9.17, 15) is 0 Å². The normalized spacial score (nSPS) is 12.6. The predicted molar refractivity (Wildman–Crippen MR) is 130 cm³/mol. The highest BCUT2D eigenvalue weighted by Gasteiger charge is 2.12. The van der Waals surface area contributed by atoms with Crippen LogP contribution in [-0.4, -0.2) is 36.8 Å². The molecule has 0 saturated carbocycles. The molecule has 1 heterocycles. The van der Waals surface area contributed by atoms with Crippen LogP contribution in [0.15, 0.2) is 78.9 Å². The molecule has 32 heavy (non-hydrogen) atoms. The number of imidazole rings is 1. The van der Waals surface area contributed by atoms with Crippen molar-refractivity contribution in [3.63, 3.8) is 0 Å². The Bertz CT molecular complexity index is 1030. The lowest BCUT2D eigenvalue weighted by molar-refractivity contribution is 0.180. The van der Waals surface area contributed by atoms with Gasteiger partial charge < -0.3 is 25.9 Å². The Kier molecular flexibility index (Phi) is 8.80. The van der Waals surface area contributed by atoms with E-state index >= 15 is 0 Å². The maximum absolute atomic E-state index is 6.24. The van der Waals surface area contributed by atoms with Crippen LogP contribution in [0, 0.1) is 0 Å². The molecule has 5 N–H and O–H groups in total. The number of benzene rings is 3. The van der Waals surface area contributed by atoms with Gasteiger partial charge >= 0.3 is 0 Å². The third-order valence-electron chi connectivity index (χ3n) is 5.10. The van der Waals surface area contributed by atoms with E-state index in [-0.39, 0.29) is 12.1 Å². The van der Waals surface area contributed by atoms with Crippen LogP contribution in [-0.2, 0) is 17.6 Å². The van der Waals surface area contributed by atoms with Gasteiger partial charge in [0.2, 0.25) is 0 Å². The number of hydrogen-bond acceptors (Lipinski definition) is 5. The van der Waals surface area contributed by atoms with E-state index < -0.39 is 0 Å². The molecule has 0 spiro atoms. The highest BCUT2D eigenvalue weighted by Crippen LogP contribution is 2.19. The number of hydrogen-bond donors (Lipinski definition) is 3. The maximum atomic E-state index is 6.24. The summed E-state index contributed by atoms with van der Waals surface area (Å²) in [5.41, 5.74) is 16.4. The van der Waals surface area contributed by atoms with Gasteiger partial charge in [-0.05, 0) is 48.2 Å². The molecule has 0 aliphatic carbocycles. The summed E-state index contributed by atoms with van der Waals surface area (Å²) in [6.07, 6.45) is 1.62. The first-order valence-corrected chi connectivity index (χ1v) is 10.7. The van der Waals surface area contributed by atoms with Crippen LogP contribution in [0.4, 0.5) is 0 Å². The molecule has 0 bridgehead atoms. The minimum atomic E-state index is -0.143. The summed E-state index contributed by atoms with van der Waals surface area (Å²) >= 11 is 0. The topological polar surface area (TPSA) is 99.2 Å². The Morgan fingerprint density at radius 3 is 2.12 bits per heavy atom. The van der Waals surface area contributed by atoms with E-state index in [0.717, 1.165) is 35.4 Å². The van der Waals surface area contributed by atoms with Crippen LogP contribution >= 0.6 is 0 Å². The van der Waals surface area contributed by atoms with E-state index in [1.54, 1.807) is 14.2 Å². The molecule has 6 heteroatoms. The highest BCUT2D eigenvalue weighted by atomic mass is 16.5. The third-order valence-corrected chi connectivity index (χ3v) is 5.10. The third kappa shape index (κ3) is 6.92. The van der Waals surface area contributed by atoms with Gasteiger partial charge in [0.15, 0.2) is 0 Å². The Balaban J connectivity index is 0.000000207. The van der Waals surface area contributed by atoms with Crippen molar-refractivity contribution in [1.82, 2.24) is 9.97 Å². The molecule has 4 aromatic rings. The van der Waals surface area contributed by atoms with Crippen molar-refractivity contribution in [2.75, 3.05) is 20.8 Å². The first-order valence-electron chi connectivity index (χ1n) is 10.7. The number of methoxy groups -OCH3 is 2. The first kappa shape index (κ1) is 23.5. The van der Waals surface area contributed by atoms with Crippen molar-refractivity contribution in [3.05, 3.63) is 95.8 Å². The van der Waals surface area contributed by atoms with Crippen LogP contribution in [0.1, 0.15) is 23.0 Å². The average molecular weight is 433 g/mol. The second-order valence-corrected chi connectivity index (χ2v) is 7.70. The molecular formula is C26H32N4O2. The molecule has 168 valence electrons. The fourth-order valence-electron chi connectivity index (χ4n) is 3.45. The molecule has 0 aliphatic rings. The molecule has 0 aliphatic heterocycles. The molecular weight excluding hydrogens is 400 g/mol. The van der Waals surface area contributed by atoms with E-state index in [4.69, 9.17) is 20.9 Å². The van der Waals surface area contributed by atoms with Crippen molar-refractivity contribution in [1.29, 1.82) is 0 Å². The monoisotopic (exact) mass is 432 g/mol. The molecule has 1 aromatic heterocycles. The van der Waals surface area contributed by atoms with Gasteiger partial charge in [-0.1, -0.05) is 54.6 Å². The number of para-hydroxylation sites is 2. The Morgan fingerprint density at radius 1 is 0.812 bits per heavy atom. The summed E-state index contributed by atoms with van der Waals surface area (Å²) in [4.78, 5) is 7.81. The number of nitrogens with two attached hydrogens (primary N) is 2. The summed E-state index contributed by atoms with van der Waals surface area (Å²) in [6, 6.07) is 26.1. The highest BCUT2D eigenvalue weighted by molar-refractivity contribution is 5.74. The fourth-order valence-corrected chi connectivity index (χ4v) is 3.45. The molecule has 0 saturated heterocycles. The summed E-state index contributed by atoms with van der Waals surface area (Å²) in [5, 5.41) is 0. The van der Waals surface area contributed by atoms with Crippen molar-refractivity contribution in [2.24, 2.45) is 11.5 Å². The average Bonchev–Trinajstić information content (AvgIpc) is 3.25. The number of aromatic nitrogens is 2. The second-order valence-electron chi connectivity index (χ2n) is 7.70. The summed E-state index contributed by atoms with van der Waals surface area (Å²) in [5.74, 6) is 1.67. The zero-order valence-electron chi connectivity index (χ0n) is 18.7. The molecule has 3 aromatic carbocycles. The van der Waals surface area contributed by atoms with Gasteiger partial charge in [-0.25, -0.2) is 4.98 Å². The van der Waals surface area contributed by atoms with Gasteiger partial charge in [-0.3, -0.25) is 0 Å². The predicted octanol–water partition coefficient (Wildman–Crippen LogP) is 4.02. The Labute approximate surface area is 189 Å². The SMILES string of the molecule is COCC(N)Cc1ccccc1.COc1ccc(C[C@@H](N)c2nc3ccccc3[nH]2)cc1. The Morgan fingerprint density at radius 2 is 1.47 bits per heavy atom. The summed E-state index contributed by atoms with van der Waals surface area (Å²) in [6.45, 7) is 0.620. The molecule has 1 unspecified atom stereocenters. The van der Waals surface area contributed by atoms with Gasteiger partial charge in [-0.15, -0.1) is 0 Å². The van der Waals surface area contributed by atoms with Crippen molar-refractivity contribution < 1.29 is 9.47 Å². The zero-order valence-corrected chi connectivity index (χ0v) is 18.7. The van der Waals surface area contributed by atoms with E-state index in [1.165, 1.54) is 11.1 Å². The van der Waals surface area contributed by atoms with Crippen LogP contribution in [0.2, 0.25) is 0 Å². The molecule has 2 atom stereocenters. The number of nitrogens with zero attached hydrogens (tertiary/aromatic N) is 1. The van der Waals surface area contributed by atoms with Crippen LogP contribution in [0.3, 0.4) is 0 Å². The van der Waals surface area contributed by atoms with Gasteiger partial charge in [0.1, 0.15) is 11.6 Å². The van der Waals surface area contributed by atoms with Crippen LogP contribution < -0.4 is 16.2 Å². The smallest absolute Gasteiger partial charge is 0.124 e. The molecule has 4 rings (SSSR count). The van der Waals surface area contributed by atoms with Gasteiger partial charge in [0.05, 0.1) is 30.8 Å². The molecule has 0 fully saturated rings. The number of fused-ring (bicyclic) bond motifs is 1. The quantitative estimate of drug-likeness (QED) is 0.391. The second kappa shape index (κ2) is 12.0. The summed E-state index contributed by atoms with van der Waals surface area (Å²) < 4.78 is 10.1. The van der Waals surface area contributed by atoms with E-state index in [2.05, 4.69) is 22.1 Å². The van der Waals surface area contributed by atoms with Crippen LogP contribution in [0.5, 0.6) is 5.75 Å². The summed E-state index contributed by atoms with van der Waals surface area (Å²) in [7, 11) is 3.33. The van der Waals surface area contributed by atoms with Gasteiger partial charge in [0, 0.05) is 13.2 Å². The minimum Gasteiger partial charge on any atom is -0.497 e. The van der Waals surface area contributed by atoms with Crippen molar-refractivity contribution in [2.45, 2.75) is 24.9 Å². The minimum absolute atomic E-state index is 0.109. The largest absolute Gasteiger partial charge is 0.497 e. The van der Waals surface area contributed by atoms with E-state index in [0.29, 0.717) is 6.61 Å². The molecule has 6 nitrogen and oxygen atoms in total. The molecule has 0 amide bonds. The number of aromatic amines is 1. The lowest BCUT2D eigenvalue weighted by Crippen LogP contribution is -2.27. The lowest BCUT2D eigenvalue weighted by Gasteiger charge is -2.09. The number of ether oxygens (including phenoxy) is 2. The molecule has 0 radical (unpaired) electrons. The number of H-pyrrole nitrogens is 1. The van der Waals surface area contributed by atoms with Crippen molar-refractivity contribution >= 4 is 11.0 Å². The number of rotatable bonds is 8. The standard InChI is InChI=1S/C16H17N3O.C10H15NO/c1-20-12-8-6-11(7-9-12)10-13(17)16-18-14-4-2-3-5-15(14)19-16;1-12-8-10(11)7-9-5-3-2-4-6-9/h2-9,13H,10,17H2,1H3,(H,18,19);2-6,10H,7-8,11H2,1H3/t13-;/m1./s1. The van der Waals surface area contributed by atoms with E-state index in [1.807, 2.05) is 66.7 Å². The van der Waals surface area contributed by atoms with Crippen molar-refractivity contribution in [3.8, 4) is 5.75 Å². The Hall–Kier alpha value is -3.19. The fraction of sp³-hybridized carbons (Fsp3) is 0.269.